The fourth-order valence-electron chi connectivity index (χ4n) is 1.90. The number of nitrogens with zero attached hydrogens (tertiary/aromatic N) is 1. The highest BCUT2D eigenvalue weighted by molar-refractivity contribution is 5.82. The molecule has 3 unspecified atom stereocenters. The van der Waals surface area contributed by atoms with Crippen LogP contribution in [0.25, 0.3) is 0 Å². The van der Waals surface area contributed by atoms with Gasteiger partial charge >= 0.3 is 12.0 Å². The Bertz CT molecular complexity index is 295. The lowest BCUT2D eigenvalue weighted by Gasteiger charge is -2.34. The number of rotatable bonds is 3. The molecule has 6 heteroatoms. The summed E-state index contributed by atoms with van der Waals surface area (Å²) >= 11 is 0. The maximum absolute atomic E-state index is 11.8. The van der Waals surface area contributed by atoms with Crippen LogP contribution >= 0.6 is 0 Å². The van der Waals surface area contributed by atoms with Crippen molar-refractivity contribution in [2.45, 2.75) is 38.8 Å². The summed E-state index contributed by atoms with van der Waals surface area (Å²) in [6, 6.07) is -1.21. The number of carbonyl (C=O) groups excluding carboxylic acids is 1. The van der Waals surface area contributed by atoms with Crippen molar-refractivity contribution in [1.82, 2.24) is 10.2 Å². The van der Waals surface area contributed by atoms with Gasteiger partial charge in [0.05, 0.1) is 6.10 Å². The van der Waals surface area contributed by atoms with E-state index in [4.69, 9.17) is 5.11 Å². The first-order valence-electron chi connectivity index (χ1n) is 5.92. The average molecular weight is 244 g/mol. The van der Waals surface area contributed by atoms with Crippen LogP contribution < -0.4 is 5.32 Å². The summed E-state index contributed by atoms with van der Waals surface area (Å²) in [5, 5.41) is 20.9. The summed E-state index contributed by atoms with van der Waals surface area (Å²) in [7, 11) is 0. The van der Waals surface area contributed by atoms with Crippen LogP contribution in [0.5, 0.6) is 0 Å². The summed E-state index contributed by atoms with van der Waals surface area (Å²) in [5.41, 5.74) is 0. The van der Waals surface area contributed by atoms with Crippen LogP contribution in [0.2, 0.25) is 0 Å². The van der Waals surface area contributed by atoms with Gasteiger partial charge in [-0.2, -0.15) is 0 Å². The van der Waals surface area contributed by atoms with Crippen LogP contribution in [-0.2, 0) is 4.79 Å². The van der Waals surface area contributed by atoms with Crippen molar-refractivity contribution < 1.29 is 19.8 Å². The van der Waals surface area contributed by atoms with Gasteiger partial charge in [-0.05, 0) is 18.8 Å². The average Bonchev–Trinajstić information content (AvgIpc) is 2.28. The predicted molar refractivity (Wildman–Crippen MR) is 61.6 cm³/mol. The molecule has 1 heterocycles. The third kappa shape index (κ3) is 3.59. The molecule has 3 atom stereocenters. The van der Waals surface area contributed by atoms with E-state index < -0.39 is 12.0 Å². The van der Waals surface area contributed by atoms with Gasteiger partial charge in [0.25, 0.3) is 0 Å². The van der Waals surface area contributed by atoms with E-state index in [9.17, 15) is 14.7 Å². The van der Waals surface area contributed by atoms with E-state index in [2.05, 4.69) is 5.32 Å². The van der Waals surface area contributed by atoms with Gasteiger partial charge in [-0.3, -0.25) is 0 Å². The van der Waals surface area contributed by atoms with E-state index in [1.54, 1.807) is 11.8 Å². The van der Waals surface area contributed by atoms with Gasteiger partial charge in [-0.25, -0.2) is 9.59 Å². The Balaban J connectivity index is 2.50. The van der Waals surface area contributed by atoms with Crippen LogP contribution in [0.15, 0.2) is 0 Å². The van der Waals surface area contributed by atoms with Crippen molar-refractivity contribution in [3.8, 4) is 0 Å². The van der Waals surface area contributed by atoms with E-state index in [0.29, 0.717) is 25.9 Å². The van der Waals surface area contributed by atoms with E-state index >= 15 is 0 Å². The molecule has 98 valence electrons. The Labute approximate surface area is 101 Å². The topological polar surface area (TPSA) is 89.9 Å². The Morgan fingerprint density at radius 2 is 2.18 bits per heavy atom. The maximum Gasteiger partial charge on any atom is 0.326 e. The number of urea groups is 1. The number of hydrogen-bond donors (Lipinski definition) is 3. The molecule has 0 aliphatic carbocycles. The van der Waals surface area contributed by atoms with Crippen molar-refractivity contribution >= 4 is 12.0 Å². The number of carbonyl (C=O) groups is 2. The standard InChI is InChI=1S/C11H20N2O4/c1-3-8(10(15)16)12-11(17)13-5-4-9(14)7(2)6-13/h7-9,14H,3-6H2,1-2H3,(H,12,17)(H,15,16). The second-order valence-corrected chi connectivity index (χ2v) is 4.53. The lowest BCUT2D eigenvalue weighted by atomic mass is 9.97. The molecular weight excluding hydrogens is 224 g/mol. The maximum atomic E-state index is 11.8. The van der Waals surface area contributed by atoms with Gasteiger partial charge < -0.3 is 20.4 Å². The quantitative estimate of drug-likeness (QED) is 0.664. The number of hydrogen-bond acceptors (Lipinski definition) is 3. The van der Waals surface area contributed by atoms with Gasteiger partial charge in [0.15, 0.2) is 0 Å². The fraction of sp³-hybridized carbons (Fsp3) is 0.818. The van der Waals surface area contributed by atoms with Crippen LogP contribution in [-0.4, -0.2) is 52.3 Å². The summed E-state index contributed by atoms with van der Waals surface area (Å²) < 4.78 is 0. The highest BCUT2D eigenvalue weighted by Crippen LogP contribution is 2.16. The van der Waals surface area contributed by atoms with Gasteiger partial charge in [0, 0.05) is 13.1 Å². The van der Waals surface area contributed by atoms with Crippen molar-refractivity contribution in [3.63, 3.8) is 0 Å². The molecule has 1 fully saturated rings. The summed E-state index contributed by atoms with van der Waals surface area (Å²) in [6.45, 7) is 4.51. The smallest absolute Gasteiger partial charge is 0.326 e. The molecule has 2 amide bonds. The molecule has 3 N–H and O–H groups in total. The Kier molecular flexibility index (Phi) is 4.74. The zero-order valence-corrected chi connectivity index (χ0v) is 10.2. The van der Waals surface area contributed by atoms with E-state index in [1.807, 2.05) is 6.92 Å². The van der Waals surface area contributed by atoms with E-state index in [0.717, 1.165) is 0 Å². The molecule has 1 saturated heterocycles. The molecule has 1 aliphatic rings. The zero-order chi connectivity index (χ0) is 13.0. The summed E-state index contributed by atoms with van der Waals surface area (Å²) in [5.74, 6) is -0.995. The SMILES string of the molecule is CCC(NC(=O)N1CCC(O)C(C)C1)C(=O)O. The molecule has 0 aromatic heterocycles. The molecule has 6 nitrogen and oxygen atoms in total. The summed E-state index contributed by atoms with van der Waals surface area (Å²) in [6.07, 6.45) is 0.520. The highest BCUT2D eigenvalue weighted by Gasteiger charge is 2.28. The largest absolute Gasteiger partial charge is 0.480 e. The second-order valence-electron chi connectivity index (χ2n) is 4.53. The number of aliphatic carboxylic acids is 1. The van der Waals surface area contributed by atoms with Crippen molar-refractivity contribution in [2.24, 2.45) is 5.92 Å². The number of likely N-dealkylation sites (tertiary alicyclic amines) is 1. The number of carboxylic acids is 1. The first kappa shape index (κ1) is 13.8. The van der Waals surface area contributed by atoms with Crippen LogP contribution in [0.3, 0.4) is 0 Å². The highest BCUT2D eigenvalue weighted by atomic mass is 16.4. The van der Waals surface area contributed by atoms with Gasteiger partial charge in [0.2, 0.25) is 0 Å². The summed E-state index contributed by atoms with van der Waals surface area (Å²) in [4.78, 5) is 24.1. The van der Waals surface area contributed by atoms with Gasteiger partial charge in [-0.1, -0.05) is 13.8 Å². The molecule has 1 aliphatic heterocycles. The molecular formula is C11H20N2O4. The number of nitrogens with one attached hydrogen (secondary N) is 1. The zero-order valence-electron chi connectivity index (χ0n) is 10.2. The monoisotopic (exact) mass is 244 g/mol. The number of aliphatic hydroxyl groups is 1. The molecule has 0 bridgehead atoms. The van der Waals surface area contributed by atoms with Crippen molar-refractivity contribution in [2.75, 3.05) is 13.1 Å². The minimum absolute atomic E-state index is 0.0272. The first-order valence-corrected chi connectivity index (χ1v) is 5.92. The minimum Gasteiger partial charge on any atom is -0.480 e. The fourth-order valence-corrected chi connectivity index (χ4v) is 1.90. The minimum atomic E-state index is -1.02. The van der Waals surface area contributed by atoms with Gasteiger partial charge in [0.1, 0.15) is 6.04 Å². The first-order chi connectivity index (χ1) is 7.95. The molecule has 0 spiro atoms. The number of carboxylic acid groups (broad SMARTS) is 1. The lowest BCUT2D eigenvalue weighted by molar-refractivity contribution is -0.139. The van der Waals surface area contributed by atoms with Crippen LogP contribution in [0.1, 0.15) is 26.7 Å². The molecule has 17 heavy (non-hydrogen) atoms. The van der Waals surface area contributed by atoms with E-state index in [1.165, 1.54) is 0 Å². The predicted octanol–water partition coefficient (Wildman–Crippen LogP) is 0.262. The lowest BCUT2D eigenvalue weighted by Crippen LogP contribution is -2.52. The molecule has 0 aromatic carbocycles. The Morgan fingerprint density at radius 3 is 2.65 bits per heavy atom. The molecule has 0 radical (unpaired) electrons. The number of aliphatic hydroxyl groups excluding tert-OH is 1. The Morgan fingerprint density at radius 1 is 1.53 bits per heavy atom. The van der Waals surface area contributed by atoms with Crippen molar-refractivity contribution in [1.29, 1.82) is 0 Å². The van der Waals surface area contributed by atoms with Crippen molar-refractivity contribution in [3.05, 3.63) is 0 Å². The normalized spacial score (nSPS) is 26.4. The number of amides is 2. The van der Waals surface area contributed by atoms with E-state index in [-0.39, 0.29) is 18.1 Å². The molecule has 1 rings (SSSR count). The molecule has 0 aromatic rings. The third-order valence-electron chi connectivity index (χ3n) is 3.15. The number of piperidine rings is 1. The molecule has 0 saturated carbocycles. The van der Waals surface area contributed by atoms with Gasteiger partial charge in [-0.15, -0.1) is 0 Å². The van der Waals surface area contributed by atoms with Crippen LogP contribution in [0, 0.1) is 5.92 Å². The van der Waals surface area contributed by atoms with Crippen LogP contribution in [0.4, 0.5) is 4.79 Å². The second kappa shape index (κ2) is 5.86. The third-order valence-corrected chi connectivity index (χ3v) is 3.15. The Hall–Kier alpha value is -1.30.